The summed E-state index contributed by atoms with van der Waals surface area (Å²) in [4.78, 5) is 2.46. The van der Waals surface area contributed by atoms with Crippen LogP contribution in [0.3, 0.4) is 0 Å². The number of hydrogen-bond donors (Lipinski definition) is 0. The molecule has 0 aromatic heterocycles. The van der Waals surface area contributed by atoms with E-state index in [0.29, 0.717) is 5.92 Å². The quantitative estimate of drug-likeness (QED) is 0.171. The number of benzene rings is 8. The minimum atomic E-state index is -0.510. The summed E-state index contributed by atoms with van der Waals surface area (Å²) in [6.45, 7) is 2.28. The zero-order valence-corrected chi connectivity index (χ0v) is 31.9. The van der Waals surface area contributed by atoms with E-state index in [4.69, 9.17) is 0 Å². The summed E-state index contributed by atoms with van der Waals surface area (Å²) < 4.78 is 0. The largest absolute Gasteiger partial charge is 0.310 e. The molecule has 0 bridgehead atoms. The third-order valence-corrected chi connectivity index (χ3v) is 12.5. The Bertz CT molecular complexity index is 2830. The van der Waals surface area contributed by atoms with Crippen molar-refractivity contribution in [3.8, 4) is 44.5 Å². The fraction of sp³-hybridized carbons (Fsp3) is 0.0714. The van der Waals surface area contributed by atoms with Crippen LogP contribution in [0.4, 0.5) is 17.1 Å². The molecule has 57 heavy (non-hydrogen) atoms. The third kappa shape index (κ3) is 5.16. The van der Waals surface area contributed by atoms with Crippen molar-refractivity contribution < 1.29 is 0 Å². The van der Waals surface area contributed by atoms with Crippen molar-refractivity contribution in [2.75, 3.05) is 4.90 Å². The summed E-state index contributed by atoms with van der Waals surface area (Å²) in [6.07, 6.45) is 8.05. The van der Waals surface area contributed by atoms with Crippen LogP contribution < -0.4 is 4.90 Å². The highest BCUT2D eigenvalue weighted by atomic mass is 15.1. The second-order valence-electron chi connectivity index (χ2n) is 15.7. The molecule has 0 fully saturated rings. The smallest absolute Gasteiger partial charge is 0.0725 e. The van der Waals surface area contributed by atoms with Gasteiger partial charge in [-0.15, -0.1) is 0 Å². The van der Waals surface area contributed by atoms with Crippen LogP contribution in [0.5, 0.6) is 0 Å². The Labute approximate surface area is 335 Å². The monoisotopic (exact) mass is 727 g/mol. The molecule has 270 valence electrons. The Morgan fingerprint density at radius 3 is 1.51 bits per heavy atom. The van der Waals surface area contributed by atoms with Crippen LogP contribution in [0, 0.1) is 5.92 Å². The van der Waals surface area contributed by atoms with Gasteiger partial charge >= 0.3 is 0 Å². The highest BCUT2D eigenvalue weighted by Gasteiger charge is 2.49. The topological polar surface area (TPSA) is 3.24 Å². The van der Waals surface area contributed by atoms with Gasteiger partial charge in [0.05, 0.1) is 11.1 Å². The number of rotatable bonds is 5. The summed E-state index contributed by atoms with van der Waals surface area (Å²) in [6, 6.07) is 72.3. The average Bonchev–Trinajstić information content (AvgIpc) is 3.52. The Balaban J connectivity index is 1.16. The minimum absolute atomic E-state index is 0.510. The van der Waals surface area contributed by atoms with E-state index in [1.165, 1.54) is 77.9 Å². The molecule has 0 saturated heterocycles. The van der Waals surface area contributed by atoms with E-state index >= 15 is 0 Å². The molecule has 0 heterocycles. The average molecular weight is 728 g/mol. The lowest BCUT2D eigenvalue weighted by molar-refractivity contribution is 0.739. The molecule has 0 N–H and O–H groups in total. The number of allylic oxidation sites excluding steroid dienone is 4. The second kappa shape index (κ2) is 13.4. The predicted octanol–water partition coefficient (Wildman–Crippen LogP) is 14.8. The summed E-state index contributed by atoms with van der Waals surface area (Å²) in [7, 11) is 0. The van der Waals surface area contributed by atoms with E-state index in [2.05, 4.69) is 224 Å². The first-order chi connectivity index (χ1) is 28.2. The Morgan fingerprint density at radius 2 is 0.912 bits per heavy atom. The number of para-hydroxylation sites is 1. The van der Waals surface area contributed by atoms with E-state index < -0.39 is 5.41 Å². The van der Waals surface area contributed by atoms with E-state index in [9.17, 15) is 0 Å². The molecular weight excluding hydrogens is 687 g/mol. The number of fused-ring (bicyclic) bond motifs is 12. The third-order valence-electron chi connectivity index (χ3n) is 12.5. The highest BCUT2D eigenvalue weighted by Crippen LogP contribution is 2.62. The van der Waals surface area contributed by atoms with Crippen molar-refractivity contribution in [2.45, 2.75) is 18.8 Å². The van der Waals surface area contributed by atoms with Crippen molar-refractivity contribution >= 4 is 22.6 Å². The van der Waals surface area contributed by atoms with Gasteiger partial charge in [-0.3, -0.25) is 0 Å². The summed E-state index contributed by atoms with van der Waals surface area (Å²) in [5, 5.41) is 0. The molecule has 0 aliphatic heterocycles. The van der Waals surface area contributed by atoms with Crippen molar-refractivity contribution in [2.24, 2.45) is 5.92 Å². The lowest BCUT2D eigenvalue weighted by atomic mass is 9.66. The highest BCUT2D eigenvalue weighted by molar-refractivity contribution is 5.99. The molecule has 1 nitrogen and oxygen atoms in total. The zero-order chi connectivity index (χ0) is 37.9. The molecule has 1 heteroatoms. The number of anilines is 3. The summed E-state index contributed by atoms with van der Waals surface area (Å²) >= 11 is 0. The molecule has 1 atom stereocenters. The Hall–Kier alpha value is -6.96. The lowest BCUT2D eigenvalue weighted by Gasteiger charge is -2.35. The van der Waals surface area contributed by atoms with Crippen molar-refractivity contribution in [3.05, 3.63) is 240 Å². The van der Waals surface area contributed by atoms with E-state index in [1.54, 1.807) is 0 Å². The molecular formula is C56H41N. The molecule has 8 aromatic carbocycles. The molecule has 3 aliphatic rings. The van der Waals surface area contributed by atoms with Crippen LogP contribution in [0.2, 0.25) is 0 Å². The van der Waals surface area contributed by atoms with Gasteiger partial charge in [-0.25, -0.2) is 0 Å². The first kappa shape index (κ1) is 33.4. The molecule has 1 unspecified atom stereocenters. The molecule has 0 saturated carbocycles. The fourth-order valence-corrected chi connectivity index (χ4v) is 9.88. The van der Waals surface area contributed by atoms with Gasteiger partial charge in [0.25, 0.3) is 0 Å². The summed E-state index contributed by atoms with van der Waals surface area (Å²) in [5.41, 5.74) is 20.8. The Kier molecular flexibility index (Phi) is 7.82. The van der Waals surface area contributed by atoms with Crippen LogP contribution in [-0.4, -0.2) is 0 Å². The predicted molar refractivity (Wildman–Crippen MR) is 239 cm³/mol. The van der Waals surface area contributed by atoms with Crippen molar-refractivity contribution in [1.82, 2.24) is 0 Å². The maximum atomic E-state index is 2.46. The molecule has 11 rings (SSSR count). The first-order valence-electron chi connectivity index (χ1n) is 20.2. The van der Waals surface area contributed by atoms with Crippen molar-refractivity contribution in [1.29, 1.82) is 0 Å². The first-order valence-corrected chi connectivity index (χ1v) is 20.2. The number of hydrogen-bond acceptors (Lipinski definition) is 1. The van der Waals surface area contributed by atoms with E-state index in [-0.39, 0.29) is 0 Å². The van der Waals surface area contributed by atoms with Gasteiger partial charge < -0.3 is 4.90 Å². The zero-order valence-electron chi connectivity index (χ0n) is 31.9. The lowest BCUT2D eigenvalue weighted by Crippen LogP contribution is -2.29. The van der Waals surface area contributed by atoms with E-state index in [0.717, 1.165) is 23.5 Å². The van der Waals surface area contributed by atoms with Gasteiger partial charge in [0.1, 0.15) is 0 Å². The van der Waals surface area contributed by atoms with Gasteiger partial charge in [0.15, 0.2) is 0 Å². The molecule has 0 radical (unpaired) electrons. The molecule has 1 spiro atoms. The van der Waals surface area contributed by atoms with Gasteiger partial charge in [-0.2, -0.15) is 0 Å². The van der Waals surface area contributed by atoms with Crippen LogP contribution in [0.1, 0.15) is 41.2 Å². The minimum Gasteiger partial charge on any atom is -0.310 e. The maximum absolute atomic E-state index is 2.46. The van der Waals surface area contributed by atoms with E-state index in [1.807, 2.05) is 0 Å². The van der Waals surface area contributed by atoms with Crippen LogP contribution >= 0.6 is 0 Å². The van der Waals surface area contributed by atoms with Crippen molar-refractivity contribution in [3.63, 3.8) is 0 Å². The summed E-state index contributed by atoms with van der Waals surface area (Å²) in [5.74, 6) is 0.581. The molecule has 3 aliphatic carbocycles. The van der Waals surface area contributed by atoms with Gasteiger partial charge in [-0.1, -0.05) is 189 Å². The van der Waals surface area contributed by atoms with Crippen LogP contribution in [0.25, 0.3) is 50.1 Å². The van der Waals surface area contributed by atoms with Crippen LogP contribution in [-0.2, 0) is 5.41 Å². The standard InChI is InChI=1S/C56H41N/c1-38-27-29-39(30-28-38)40-31-33-42(34-32-40)57(55-26-14-10-17-44(55)41-15-3-2-4-16-41)43-35-36-54-50(37-43)49-22-9-13-25-53(49)56(54)51-23-11-7-20-47(51)45-18-5-6-19-46(45)48-21-8-12-24-52(48)56/h2-27,29-38H,28H2,1H3. The normalized spacial score (nSPS) is 15.4. The molecule has 0 amide bonds. The second-order valence-corrected chi connectivity index (χ2v) is 15.7. The molecule has 8 aromatic rings. The maximum Gasteiger partial charge on any atom is 0.0725 e. The van der Waals surface area contributed by atoms with Gasteiger partial charge in [0.2, 0.25) is 0 Å². The fourth-order valence-electron chi connectivity index (χ4n) is 9.88. The van der Waals surface area contributed by atoms with Gasteiger partial charge in [-0.05, 0) is 115 Å². The SMILES string of the molecule is CC1C=CC(c2ccc(N(c3ccc4c(c3)-c3ccccc3C43c4ccccc4-c4ccccc4-c4ccccc43)c3ccccc3-c3ccccc3)cc2)=CC1. The number of nitrogens with zero attached hydrogens (tertiary/aromatic N) is 1. The Morgan fingerprint density at radius 1 is 0.421 bits per heavy atom. The van der Waals surface area contributed by atoms with Gasteiger partial charge in [0, 0.05) is 16.9 Å². The van der Waals surface area contributed by atoms with Crippen LogP contribution in [0.15, 0.2) is 212 Å².